The van der Waals surface area contributed by atoms with Crippen molar-refractivity contribution >= 4 is 11.3 Å². The van der Waals surface area contributed by atoms with Gasteiger partial charge in [-0.15, -0.1) is 11.3 Å². The number of ether oxygens (including phenoxy) is 2. The van der Waals surface area contributed by atoms with Gasteiger partial charge in [-0.1, -0.05) is 30.3 Å². The molecule has 1 saturated heterocycles. The quantitative estimate of drug-likeness (QED) is 0.568. The summed E-state index contributed by atoms with van der Waals surface area (Å²) >= 11 is 1.58. The first kappa shape index (κ1) is 21.8. The van der Waals surface area contributed by atoms with E-state index in [1.807, 2.05) is 49.4 Å². The van der Waals surface area contributed by atoms with Crippen molar-refractivity contribution < 1.29 is 14.6 Å². The fourth-order valence-electron chi connectivity index (χ4n) is 4.00. The van der Waals surface area contributed by atoms with E-state index in [2.05, 4.69) is 17.0 Å². The second-order valence-corrected chi connectivity index (χ2v) is 9.23. The molecule has 164 valence electrons. The zero-order valence-corrected chi connectivity index (χ0v) is 19.0. The number of benzene rings is 2. The summed E-state index contributed by atoms with van der Waals surface area (Å²) < 4.78 is 11.2. The molecule has 1 atom stereocenters. The number of aryl methyl sites for hydroxylation is 1. The van der Waals surface area contributed by atoms with E-state index in [1.54, 1.807) is 18.4 Å². The van der Waals surface area contributed by atoms with Gasteiger partial charge in [0.2, 0.25) is 0 Å². The Morgan fingerprint density at radius 2 is 1.87 bits per heavy atom. The third-order valence-corrected chi connectivity index (χ3v) is 7.17. The highest BCUT2D eigenvalue weighted by atomic mass is 32.1. The van der Waals surface area contributed by atoms with Crippen molar-refractivity contribution in [2.75, 3.05) is 20.2 Å². The molecule has 1 aliphatic heterocycles. The van der Waals surface area contributed by atoms with Crippen LogP contribution in [0.25, 0.3) is 0 Å². The van der Waals surface area contributed by atoms with Crippen molar-refractivity contribution in [2.24, 2.45) is 0 Å². The number of aliphatic hydroxyl groups is 1. The van der Waals surface area contributed by atoms with E-state index in [4.69, 9.17) is 14.5 Å². The van der Waals surface area contributed by atoms with Crippen molar-refractivity contribution in [1.29, 1.82) is 0 Å². The first-order valence-electron chi connectivity index (χ1n) is 10.8. The smallest absolute Gasteiger partial charge is 0.125 e. The predicted octanol–water partition coefficient (Wildman–Crippen LogP) is 4.91. The van der Waals surface area contributed by atoms with Crippen LogP contribution < -0.4 is 9.47 Å². The Hall–Kier alpha value is -2.41. The molecular formula is C25H30N2O3S. The standard InChI is InChI=1S/C25H30N2O3S/c1-19-23(18-30-21-9-4-3-5-10-21)31-24(26-19)25(28)12-7-14-27(15-13-25)17-20-8-6-11-22(16-20)29-2/h3-6,8-11,16,28H,7,12-15,17-18H2,1-2H3/t25-/m0/s1. The highest BCUT2D eigenvalue weighted by Gasteiger charge is 2.35. The predicted molar refractivity (Wildman–Crippen MR) is 124 cm³/mol. The number of nitrogens with zero attached hydrogens (tertiary/aromatic N) is 2. The molecule has 4 rings (SSSR count). The van der Waals surface area contributed by atoms with Crippen LogP contribution in [-0.4, -0.2) is 35.2 Å². The summed E-state index contributed by atoms with van der Waals surface area (Å²) in [4.78, 5) is 8.23. The Labute approximate surface area is 188 Å². The lowest BCUT2D eigenvalue weighted by Gasteiger charge is -2.25. The molecule has 1 aromatic heterocycles. The summed E-state index contributed by atoms with van der Waals surface area (Å²) in [5.41, 5.74) is 1.31. The summed E-state index contributed by atoms with van der Waals surface area (Å²) in [7, 11) is 1.69. The van der Waals surface area contributed by atoms with E-state index in [0.717, 1.165) is 59.6 Å². The summed E-state index contributed by atoms with van der Waals surface area (Å²) in [5.74, 6) is 1.73. The molecule has 0 spiro atoms. The van der Waals surface area contributed by atoms with Gasteiger partial charge in [-0.3, -0.25) is 4.90 Å². The summed E-state index contributed by atoms with van der Waals surface area (Å²) in [5, 5.41) is 12.3. The number of rotatable bonds is 7. The largest absolute Gasteiger partial charge is 0.497 e. The molecule has 0 radical (unpaired) electrons. The van der Waals surface area contributed by atoms with Crippen molar-refractivity contribution in [1.82, 2.24) is 9.88 Å². The van der Waals surface area contributed by atoms with Crippen LogP contribution in [0.2, 0.25) is 0 Å². The van der Waals surface area contributed by atoms with Crippen LogP contribution in [0, 0.1) is 6.92 Å². The molecule has 0 aliphatic carbocycles. The van der Waals surface area contributed by atoms with Crippen molar-refractivity contribution in [2.45, 2.75) is 44.9 Å². The summed E-state index contributed by atoms with van der Waals surface area (Å²) in [6.07, 6.45) is 2.35. The third kappa shape index (κ3) is 5.45. The van der Waals surface area contributed by atoms with Crippen molar-refractivity contribution in [3.05, 3.63) is 75.7 Å². The number of para-hydroxylation sites is 1. The van der Waals surface area contributed by atoms with Gasteiger partial charge in [0.25, 0.3) is 0 Å². The SMILES string of the molecule is COc1cccc(CN2CCC[C@@](O)(c3nc(C)c(COc4ccccc4)s3)CC2)c1. The first-order valence-corrected chi connectivity index (χ1v) is 11.6. The molecule has 3 aromatic rings. The van der Waals surface area contributed by atoms with Crippen LogP contribution in [-0.2, 0) is 18.8 Å². The Balaban J connectivity index is 1.40. The van der Waals surface area contributed by atoms with E-state index in [9.17, 15) is 5.11 Å². The summed E-state index contributed by atoms with van der Waals surface area (Å²) in [6, 6.07) is 18.0. The van der Waals surface area contributed by atoms with Crippen LogP contribution in [0.4, 0.5) is 0 Å². The van der Waals surface area contributed by atoms with Crippen LogP contribution in [0.1, 0.15) is 40.4 Å². The molecule has 2 aromatic carbocycles. The highest BCUT2D eigenvalue weighted by Crippen LogP contribution is 2.37. The monoisotopic (exact) mass is 438 g/mol. The van der Waals surface area contributed by atoms with Gasteiger partial charge in [0.1, 0.15) is 28.7 Å². The molecule has 1 fully saturated rings. The van der Waals surface area contributed by atoms with Gasteiger partial charge in [-0.05, 0) is 62.6 Å². The number of aromatic nitrogens is 1. The van der Waals surface area contributed by atoms with Gasteiger partial charge in [-0.2, -0.15) is 0 Å². The third-order valence-electron chi connectivity index (χ3n) is 5.85. The fraction of sp³-hybridized carbons (Fsp3) is 0.400. The molecule has 1 N–H and O–H groups in total. The van der Waals surface area contributed by atoms with E-state index in [-0.39, 0.29) is 0 Å². The zero-order valence-electron chi connectivity index (χ0n) is 18.2. The number of thiazole rings is 1. The topological polar surface area (TPSA) is 54.8 Å². The van der Waals surface area contributed by atoms with Crippen LogP contribution in [0.15, 0.2) is 54.6 Å². The second-order valence-electron chi connectivity index (χ2n) is 8.14. The normalized spacial score (nSPS) is 19.7. The number of hydrogen-bond acceptors (Lipinski definition) is 6. The van der Waals surface area contributed by atoms with Crippen LogP contribution in [0.3, 0.4) is 0 Å². The van der Waals surface area contributed by atoms with E-state index >= 15 is 0 Å². The zero-order chi connectivity index (χ0) is 21.7. The number of likely N-dealkylation sites (tertiary alicyclic amines) is 1. The lowest BCUT2D eigenvalue weighted by molar-refractivity contribution is 0.0207. The molecule has 2 heterocycles. The van der Waals surface area contributed by atoms with Crippen molar-refractivity contribution in [3.8, 4) is 11.5 Å². The average molecular weight is 439 g/mol. The number of hydrogen-bond donors (Lipinski definition) is 1. The minimum absolute atomic E-state index is 0.478. The molecule has 0 amide bonds. The van der Waals surface area contributed by atoms with Crippen molar-refractivity contribution in [3.63, 3.8) is 0 Å². The molecule has 0 unspecified atom stereocenters. The number of methoxy groups -OCH3 is 1. The van der Waals surface area contributed by atoms with Gasteiger partial charge < -0.3 is 14.6 Å². The lowest BCUT2D eigenvalue weighted by atomic mass is 9.96. The lowest BCUT2D eigenvalue weighted by Crippen LogP contribution is -2.29. The average Bonchev–Trinajstić information content (AvgIpc) is 3.07. The van der Waals surface area contributed by atoms with Gasteiger partial charge >= 0.3 is 0 Å². The molecule has 0 saturated carbocycles. The maximum Gasteiger partial charge on any atom is 0.125 e. The van der Waals surface area contributed by atoms with Crippen LogP contribution in [0.5, 0.6) is 11.5 Å². The Morgan fingerprint density at radius 1 is 1.06 bits per heavy atom. The molecule has 6 heteroatoms. The summed E-state index contributed by atoms with van der Waals surface area (Å²) in [6.45, 7) is 5.14. The first-order chi connectivity index (χ1) is 15.1. The van der Waals surface area contributed by atoms with E-state index < -0.39 is 5.60 Å². The highest BCUT2D eigenvalue weighted by molar-refractivity contribution is 7.11. The molecule has 31 heavy (non-hydrogen) atoms. The maximum absolute atomic E-state index is 11.5. The van der Waals surface area contributed by atoms with E-state index in [1.165, 1.54) is 5.56 Å². The molecular weight excluding hydrogens is 408 g/mol. The molecule has 0 bridgehead atoms. The van der Waals surface area contributed by atoms with Gasteiger partial charge in [0.05, 0.1) is 17.7 Å². The Kier molecular flexibility index (Phi) is 6.90. The van der Waals surface area contributed by atoms with Gasteiger partial charge in [-0.25, -0.2) is 4.98 Å². The van der Waals surface area contributed by atoms with Gasteiger partial charge in [0.15, 0.2) is 0 Å². The molecule has 5 nitrogen and oxygen atoms in total. The minimum atomic E-state index is -0.871. The van der Waals surface area contributed by atoms with E-state index in [0.29, 0.717) is 13.0 Å². The second kappa shape index (κ2) is 9.81. The minimum Gasteiger partial charge on any atom is -0.497 e. The Bertz CT molecular complexity index is 991. The molecule has 1 aliphatic rings. The Morgan fingerprint density at radius 3 is 2.68 bits per heavy atom. The van der Waals surface area contributed by atoms with Crippen LogP contribution >= 0.6 is 11.3 Å². The maximum atomic E-state index is 11.5. The van der Waals surface area contributed by atoms with Gasteiger partial charge in [0, 0.05) is 13.1 Å². The fourth-order valence-corrected chi connectivity index (χ4v) is 5.12.